The van der Waals surface area contributed by atoms with E-state index in [4.69, 9.17) is 4.52 Å². The van der Waals surface area contributed by atoms with Crippen molar-refractivity contribution in [3.05, 3.63) is 29.5 Å². The Balaban J connectivity index is 1.53. The summed E-state index contributed by atoms with van der Waals surface area (Å²) in [4.78, 5) is 15.4. The van der Waals surface area contributed by atoms with E-state index < -0.39 is 17.9 Å². The topological polar surface area (TPSA) is 85.0 Å². The van der Waals surface area contributed by atoms with Gasteiger partial charge >= 0.3 is 12.2 Å². The van der Waals surface area contributed by atoms with Crippen molar-refractivity contribution in [2.75, 3.05) is 11.9 Å². The van der Waals surface area contributed by atoms with Crippen LogP contribution in [0, 0.1) is 12.8 Å². The maximum absolute atomic E-state index is 12.7. The first-order valence-electron chi connectivity index (χ1n) is 7.42. The number of alkyl halides is 3. The fraction of sp³-hybridized carbons (Fsp3) is 0.500. The van der Waals surface area contributed by atoms with Gasteiger partial charge in [0.15, 0.2) is 11.5 Å². The van der Waals surface area contributed by atoms with Gasteiger partial charge in [-0.15, -0.1) is 0 Å². The zero-order chi connectivity index (χ0) is 17.3. The SMILES string of the molecule is Cc1conc1NC(=O)NC[C@H]1CCc2nc(C(F)(F)F)cn2C1. The molecule has 0 spiro atoms. The van der Waals surface area contributed by atoms with Gasteiger partial charge < -0.3 is 14.4 Å². The van der Waals surface area contributed by atoms with E-state index in [2.05, 4.69) is 20.8 Å². The number of hydrogen-bond acceptors (Lipinski definition) is 4. The summed E-state index contributed by atoms with van der Waals surface area (Å²) in [5.41, 5.74) is -0.170. The number of anilines is 1. The summed E-state index contributed by atoms with van der Waals surface area (Å²) < 4.78 is 44.3. The molecular weight excluding hydrogens is 327 g/mol. The van der Waals surface area contributed by atoms with Crippen molar-refractivity contribution >= 4 is 11.8 Å². The standard InChI is InChI=1S/C14H16F3N5O2/c1-8-7-24-21-12(8)20-13(23)18-4-9-2-3-11-19-10(14(15,16)17)6-22(11)5-9/h6-7,9H,2-5H2,1H3,(H2,18,20,21,23)/t9-/m1/s1. The number of urea groups is 1. The van der Waals surface area contributed by atoms with Gasteiger partial charge in [0.05, 0.1) is 0 Å². The third kappa shape index (κ3) is 3.52. The first-order valence-corrected chi connectivity index (χ1v) is 7.42. The Hall–Kier alpha value is -2.52. The first kappa shape index (κ1) is 16.3. The van der Waals surface area contributed by atoms with Gasteiger partial charge in [-0.3, -0.25) is 5.32 Å². The molecule has 0 unspecified atom stereocenters. The fourth-order valence-electron chi connectivity index (χ4n) is 2.61. The Morgan fingerprint density at radius 3 is 2.96 bits per heavy atom. The molecule has 3 heterocycles. The summed E-state index contributed by atoms with van der Waals surface area (Å²) in [6.07, 6.45) is -0.882. The molecule has 0 aliphatic carbocycles. The van der Waals surface area contributed by atoms with Crippen LogP contribution in [0.25, 0.3) is 0 Å². The van der Waals surface area contributed by atoms with Crippen molar-refractivity contribution in [3.63, 3.8) is 0 Å². The molecule has 24 heavy (non-hydrogen) atoms. The summed E-state index contributed by atoms with van der Waals surface area (Å²) >= 11 is 0. The monoisotopic (exact) mass is 343 g/mol. The number of carbonyl (C=O) groups excluding carboxylic acids is 1. The molecule has 0 saturated carbocycles. The number of carbonyl (C=O) groups is 1. The van der Waals surface area contributed by atoms with Crippen LogP contribution >= 0.6 is 0 Å². The number of fused-ring (bicyclic) bond motifs is 1. The number of imidazole rings is 1. The van der Waals surface area contributed by atoms with Crippen LogP contribution in [-0.4, -0.2) is 27.3 Å². The van der Waals surface area contributed by atoms with E-state index in [1.807, 2.05) is 0 Å². The molecule has 0 radical (unpaired) electrons. The summed E-state index contributed by atoms with van der Waals surface area (Å²) in [7, 11) is 0. The number of aromatic nitrogens is 3. The Morgan fingerprint density at radius 1 is 1.50 bits per heavy atom. The highest BCUT2D eigenvalue weighted by Crippen LogP contribution is 2.30. The first-order chi connectivity index (χ1) is 11.3. The molecule has 7 nitrogen and oxygen atoms in total. The lowest BCUT2D eigenvalue weighted by Crippen LogP contribution is -2.36. The number of hydrogen-bond donors (Lipinski definition) is 2. The predicted octanol–water partition coefficient (Wildman–Crippen LogP) is 2.58. The van der Waals surface area contributed by atoms with Gasteiger partial charge in [0, 0.05) is 31.3 Å². The van der Waals surface area contributed by atoms with Gasteiger partial charge in [0.2, 0.25) is 0 Å². The van der Waals surface area contributed by atoms with Crippen LogP contribution < -0.4 is 10.6 Å². The second-order valence-electron chi connectivity index (χ2n) is 5.78. The fourth-order valence-corrected chi connectivity index (χ4v) is 2.61. The third-order valence-corrected chi connectivity index (χ3v) is 3.91. The number of nitrogens with one attached hydrogen (secondary N) is 2. The van der Waals surface area contributed by atoms with Crippen LogP contribution in [0.4, 0.5) is 23.8 Å². The van der Waals surface area contributed by atoms with Crippen molar-refractivity contribution in [3.8, 4) is 0 Å². The molecule has 0 saturated heterocycles. The van der Waals surface area contributed by atoms with E-state index >= 15 is 0 Å². The number of aryl methyl sites for hydroxylation is 2. The van der Waals surface area contributed by atoms with Gasteiger partial charge in [0.1, 0.15) is 12.1 Å². The van der Waals surface area contributed by atoms with Crippen molar-refractivity contribution in [1.82, 2.24) is 20.0 Å². The largest absolute Gasteiger partial charge is 0.434 e. The molecule has 10 heteroatoms. The van der Waals surface area contributed by atoms with Crippen molar-refractivity contribution in [2.45, 2.75) is 32.5 Å². The van der Waals surface area contributed by atoms with Gasteiger partial charge in [-0.1, -0.05) is 5.16 Å². The molecule has 2 aromatic rings. The minimum Gasteiger partial charge on any atom is -0.362 e. The lowest BCUT2D eigenvalue weighted by Gasteiger charge is -2.23. The molecular formula is C14H16F3N5O2. The maximum atomic E-state index is 12.7. The van der Waals surface area contributed by atoms with Gasteiger partial charge in [-0.25, -0.2) is 9.78 Å². The second kappa shape index (κ2) is 6.17. The van der Waals surface area contributed by atoms with E-state index in [0.29, 0.717) is 43.1 Å². The molecule has 1 aliphatic rings. The molecule has 130 valence electrons. The van der Waals surface area contributed by atoms with E-state index in [1.54, 1.807) is 6.92 Å². The molecule has 1 atom stereocenters. The minimum atomic E-state index is -4.44. The van der Waals surface area contributed by atoms with E-state index in [1.165, 1.54) is 10.8 Å². The van der Waals surface area contributed by atoms with Crippen molar-refractivity contribution in [1.29, 1.82) is 0 Å². The predicted molar refractivity (Wildman–Crippen MR) is 77.3 cm³/mol. The lowest BCUT2D eigenvalue weighted by molar-refractivity contribution is -0.141. The highest BCUT2D eigenvalue weighted by Gasteiger charge is 2.35. The molecule has 2 N–H and O–H groups in total. The molecule has 3 rings (SSSR count). The van der Waals surface area contributed by atoms with Crippen molar-refractivity contribution < 1.29 is 22.5 Å². The lowest BCUT2D eigenvalue weighted by atomic mass is 9.99. The number of halogens is 3. The van der Waals surface area contributed by atoms with Gasteiger partial charge in [0.25, 0.3) is 0 Å². The molecule has 1 aliphatic heterocycles. The van der Waals surface area contributed by atoms with E-state index in [-0.39, 0.29) is 5.92 Å². The summed E-state index contributed by atoms with van der Waals surface area (Å²) in [5, 5.41) is 8.89. The normalized spacial score (nSPS) is 17.4. The second-order valence-corrected chi connectivity index (χ2v) is 5.78. The van der Waals surface area contributed by atoms with Crippen LogP contribution in [0.1, 0.15) is 23.5 Å². The quantitative estimate of drug-likeness (QED) is 0.897. The summed E-state index contributed by atoms with van der Waals surface area (Å²) in [6.45, 7) is 2.48. The van der Waals surface area contributed by atoms with E-state index in [0.717, 1.165) is 6.20 Å². The summed E-state index contributed by atoms with van der Waals surface area (Å²) in [5.74, 6) is 0.807. The molecule has 2 amide bonds. The molecule has 0 bridgehead atoms. The smallest absolute Gasteiger partial charge is 0.362 e. The highest BCUT2D eigenvalue weighted by atomic mass is 19.4. The molecule has 0 fully saturated rings. The Kier molecular flexibility index (Phi) is 4.20. The van der Waals surface area contributed by atoms with Crippen LogP contribution in [0.2, 0.25) is 0 Å². The maximum Gasteiger partial charge on any atom is 0.434 e. The Morgan fingerprint density at radius 2 is 2.29 bits per heavy atom. The van der Waals surface area contributed by atoms with Crippen LogP contribution in [-0.2, 0) is 19.1 Å². The van der Waals surface area contributed by atoms with Crippen LogP contribution in [0.3, 0.4) is 0 Å². The van der Waals surface area contributed by atoms with Gasteiger partial charge in [-0.05, 0) is 19.3 Å². The third-order valence-electron chi connectivity index (χ3n) is 3.91. The summed E-state index contributed by atoms with van der Waals surface area (Å²) in [6, 6.07) is -0.431. The zero-order valence-corrected chi connectivity index (χ0v) is 12.9. The van der Waals surface area contributed by atoms with Gasteiger partial charge in [-0.2, -0.15) is 13.2 Å². The zero-order valence-electron chi connectivity index (χ0n) is 12.9. The number of rotatable bonds is 3. The molecule has 2 aromatic heterocycles. The molecule has 0 aromatic carbocycles. The van der Waals surface area contributed by atoms with Crippen LogP contribution in [0.15, 0.2) is 17.0 Å². The highest BCUT2D eigenvalue weighted by molar-refractivity contribution is 5.88. The van der Waals surface area contributed by atoms with Crippen LogP contribution in [0.5, 0.6) is 0 Å². The van der Waals surface area contributed by atoms with Crippen molar-refractivity contribution in [2.24, 2.45) is 5.92 Å². The minimum absolute atomic E-state index is 0.0388. The average Bonchev–Trinajstić information content (AvgIpc) is 3.11. The average molecular weight is 343 g/mol. The Labute approximate surface area is 135 Å². The van der Waals surface area contributed by atoms with E-state index in [9.17, 15) is 18.0 Å². The number of nitrogens with zero attached hydrogens (tertiary/aromatic N) is 3. The Bertz CT molecular complexity index is 737. The number of amides is 2.